The highest BCUT2D eigenvalue weighted by Gasteiger charge is 2.16. The Bertz CT molecular complexity index is 1300. The quantitative estimate of drug-likeness (QED) is 0.217. The van der Waals surface area contributed by atoms with Gasteiger partial charge in [-0.05, 0) is 18.2 Å². The fourth-order valence-electron chi connectivity index (χ4n) is 3.11. The minimum absolute atomic E-state index is 0.0892. The Morgan fingerprint density at radius 3 is 2.29 bits per heavy atom. The molecule has 0 atom stereocenters. The van der Waals surface area contributed by atoms with Gasteiger partial charge in [0, 0.05) is 11.6 Å². The smallest absolute Gasteiger partial charge is 0.292 e. The van der Waals surface area contributed by atoms with Gasteiger partial charge in [0.25, 0.3) is 5.69 Å². The van der Waals surface area contributed by atoms with E-state index in [0.29, 0.717) is 5.69 Å². The second kappa shape index (κ2) is 8.83. The number of nitrogens with one attached hydrogen (secondary N) is 1. The molecule has 0 aliphatic carbocycles. The van der Waals surface area contributed by atoms with E-state index < -0.39 is 4.92 Å². The number of hydrogen-bond donors (Lipinski definition) is 1. The number of hydrogen-bond acceptors (Lipinski definition) is 5. The molecule has 4 aromatic rings. The van der Waals surface area contributed by atoms with E-state index in [0.717, 1.165) is 11.3 Å². The monoisotopic (exact) mass is 411 g/mol. The molecule has 31 heavy (non-hydrogen) atoms. The van der Waals surface area contributed by atoms with Gasteiger partial charge in [0.1, 0.15) is 17.1 Å². The van der Waals surface area contributed by atoms with Gasteiger partial charge in [-0.3, -0.25) is 14.9 Å². The Labute approximate surface area is 177 Å². The fraction of sp³-hybridized carbons (Fsp3) is 0. The number of nitro benzene ring substituents is 1. The van der Waals surface area contributed by atoms with Crippen LogP contribution in [-0.2, 0) is 0 Å². The molecular formula is C23H17N5O3. The summed E-state index contributed by atoms with van der Waals surface area (Å²) in [5, 5.41) is 18.3. The molecule has 3 aromatic carbocycles. The number of benzene rings is 3. The number of rotatable bonds is 6. The molecule has 0 fully saturated rings. The van der Waals surface area contributed by atoms with Gasteiger partial charge in [-0.15, -0.1) is 0 Å². The molecular weight excluding hydrogens is 394 g/mol. The summed E-state index contributed by atoms with van der Waals surface area (Å²) in [6.45, 7) is 0. The van der Waals surface area contributed by atoms with Crippen LogP contribution in [0.4, 0.5) is 17.1 Å². The number of aliphatic imine (C=N–C) groups is 1. The maximum absolute atomic E-state index is 12.7. The van der Waals surface area contributed by atoms with Crippen molar-refractivity contribution in [3.05, 3.63) is 111 Å². The molecule has 1 N–H and O–H groups in total. The molecule has 1 heterocycles. The third kappa shape index (κ3) is 4.23. The Balaban J connectivity index is 1.82. The number of aromatic nitrogens is 2. The average Bonchev–Trinajstić information content (AvgIpc) is 2.81. The maximum atomic E-state index is 12.7. The highest BCUT2D eigenvalue weighted by atomic mass is 16.6. The van der Waals surface area contributed by atoms with Crippen LogP contribution >= 0.6 is 0 Å². The first-order valence-electron chi connectivity index (χ1n) is 9.41. The zero-order valence-corrected chi connectivity index (χ0v) is 16.3. The van der Waals surface area contributed by atoms with Crippen molar-refractivity contribution in [2.24, 2.45) is 4.99 Å². The fourth-order valence-corrected chi connectivity index (χ4v) is 3.11. The van der Waals surface area contributed by atoms with E-state index in [4.69, 9.17) is 0 Å². The van der Waals surface area contributed by atoms with Gasteiger partial charge in [-0.1, -0.05) is 60.7 Å². The number of anilines is 1. The van der Waals surface area contributed by atoms with Crippen LogP contribution in [0.1, 0.15) is 0 Å². The maximum Gasteiger partial charge on any atom is 0.292 e. The summed E-state index contributed by atoms with van der Waals surface area (Å²) >= 11 is 0. The summed E-state index contributed by atoms with van der Waals surface area (Å²) in [5.41, 5.74) is 2.02. The Morgan fingerprint density at radius 2 is 1.58 bits per heavy atom. The number of nitro groups is 1. The normalized spacial score (nSPS) is 10.8. The zero-order chi connectivity index (χ0) is 21.6. The van der Waals surface area contributed by atoms with Crippen LogP contribution in [0.25, 0.3) is 16.9 Å². The lowest BCUT2D eigenvalue weighted by molar-refractivity contribution is -0.383. The largest absolute Gasteiger partial charge is 0.341 e. The number of para-hydroxylation sites is 3. The van der Waals surface area contributed by atoms with Crippen LogP contribution in [0.15, 0.2) is 101 Å². The SMILES string of the molecule is O=c1cnn(-c2ccccc2)c(-c2ccccc2)c1N=CNc1ccccc1[N+](=O)[O-]. The molecule has 8 nitrogen and oxygen atoms in total. The first kappa shape index (κ1) is 19.7. The molecule has 0 saturated carbocycles. The van der Waals surface area contributed by atoms with Crippen molar-refractivity contribution in [3.8, 4) is 16.9 Å². The molecule has 0 amide bonds. The van der Waals surface area contributed by atoms with Crippen molar-refractivity contribution in [2.45, 2.75) is 0 Å². The highest BCUT2D eigenvalue weighted by molar-refractivity contribution is 5.84. The van der Waals surface area contributed by atoms with Crippen LogP contribution in [0.2, 0.25) is 0 Å². The van der Waals surface area contributed by atoms with Crippen molar-refractivity contribution in [2.75, 3.05) is 5.32 Å². The Hall–Kier alpha value is -4.59. The summed E-state index contributed by atoms with van der Waals surface area (Å²) in [4.78, 5) is 27.7. The van der Waals surface area contributed by atoms with Crippen LogP contribution in [0, 0.1) is 10.1 Å². The predicted molar refractivity (Wildman–Crippen MR) is 120 cm³/mol. The molecule has 8 heteroatoms. The molecule has 0 radical (unpaired) electrons. The second-order valence-electron chi connectivity index (χ2n) is 6.50. The lowest BCUT2D eigenvalue weighted by atomic mass is 10.1. The third-order valence-corrected chi connectivity index (χ3v) is 4.52. The predicted octanol–water partition coefficient (Wildman–Crippen LogP) is 4.58. The van der Waals surface area contributed by atoms with Gasteiger partial charge in [-0.25, -0.2) is 9.67 Å². The highest BCUT2D eigenvalue weighted by Crippen LogP contribution is 2.29. The zero-order valence-electron chi connectivity index (χ0n) is 16.3. The van der Waals surface area contributed by atoms with E-state index in [1.165, 1.54) is 18.6 Å². The van der Waals surface area contributed by atoms with E-state index in [1.807, 2.05) is 60.7 Å². The molecule has 0 aliphatic heterocycles. The van der Waals surface area contributed by atoms with E-state index in [9.17, 15) is 14.9 Å². The number of nitrogens with zero attached hydrogens (tertiary/aromatic N) is 4. The van der Waals surface area contributed by atoms with Crippen molar-refractivity contribution >= 4 is 23.4 Å². The lowest BCUT2D eigenvalue weighted by Crippen LogP contribution is -2.13. The lowest BCUT2D eigenvalue weighted by Gasteiger charge is -2.14. The van der Waals surface area contributed by atoms with Gasteiger partial charge in [0.2, 0.25) is 5.43 Å². The van der Waals surface area contributed by atoms with Crippen LogP contribution in [0.3, 0.4) is 0 Å². The van der Waals surface area contributed by atoms with E-state index in [-0.39, 0.29) is 22.5 Å². The van der Waals surface area contributed by atoms with Crippen molar-refractivity contribution in [1.82, 2.24) is 9.78 Å². The minimum atomic E-state index is -0.486. The average molecular weight is 411 g/mol. The van der Waals surface area contributed by atoms with Gasteiger partial charge in [0.15, 0.2) is 0 Å². The Morgan fingerprint density at radius 1 is 0.935 bits per heavy atom. The van der Waals surface area contributed by atoms with E-state index in [2.05, 4.69) is 15.4 Å². The van der Waals surface area contributed by atoms with Crippen LogP contribution < -0.4 is 10.7 Å². The second-order valence-corrected chi connectivity index (χ2v) is 6.50. The standard InChI is InChI=1S/C23H17N5O3/c29-21-15-26-27(18-11-5-2-6-12-18)23(17-9-3-1-4-10-17)22(21)25-16-24-19-13-7-8-14-20(19)28(30)31/h1-16H,(H,24,25). The van der Waals surface area contributed by atoms with Crippen LogP contribution in [-0.4, -0.2) is 21.0 Å². The van der Waals surface area contributed by atoms with Gasteiger partial charge in [0.05, 0.1) is 23.1 Å². The molecule has 1 aromatic heterocycles. The summed E-state index contributed by atoms with van der Waals surface area (Å²) in [5.74, 6) is 0. The minimum Gasteiger partial charge on any atom is -0.341 e. The molecule has 0 aliphatic rings. The van der Waals surface area contributed by atoms with Crippen molar-refractivity contribution in [1.29, 1.82) is 0 Å². The van der Waals surface area contributed by atoms with Crippen molar-refractivity contribution < 1.29 is 4.92 Å². The van der Waals surface area contributed by atoms with Gasteiger partial charge < -0.3 is 5.32 Å². The first-order valence-corrected chi connectivity index (χ1v) is 9.41. The molecule has 0 bridgehead atoms. The molecule has 0 saturated heterocycles. The van der Waals surface area contributed by atoms with Crippen LogP contribution in [0.5, 0.6) is 0 Å². The van der Waals surface area contributed by atoms with Crippen molar-refractivity contribution in [3.63, 3.8) is 0 Å². The topological polar surface area (TPSA) is 102 Å². The molecule has 0 spiro atoms. The summed E-state index contributed by atoms with van der Waals surface area (Å²) in [7, 11) is 0. The molecule has 4 rings (SSSR count). The van der Waals surface area contributed by atoms with E-state index >= 15 is 0 Å². The third-order valence-electron chi connectivity index (χ3n) is 4.52. The summed E-state index contributed by atoms with van der Waals surface area (Å²) < 4.78 is 1.65. The Kier molecular flexibility index (Phi) is 5.62. The molecule has 152 valence electrons. The van der Waals surface area contributed by atoms with Gasteiger partial charge >= 0.3 is 0 Å². The van der Waals surface area contributed by atoms with Gasteiger partial charge in [-0.2, -0.15) is 5.10 Å². The first-order chi connectivity index (χ1) is 15.1. The summed E-state index contributed by atoms with van der Waals surface area (Å²) in [6, 6.07) is 24.9. The molecule has 0 unspecified atom stereocenters. The summed E-state index contributed by atoms with van der Waals surface area (Å²) in [6.07, 6.45) is 2.48. The van der Waals surface area contributed by atoms with E-state index in [1.54, 1.807) is 22.9 Å².